The predicted molar refractivity (Wildman–Crippen MR) is 102 cm³/mol. The molecule has 0 saturated heterocycles. The van der Waals surface area contributed by atoms with Gasteiger partial charge in [-0.25, -0.2) is 22.6 Å². The van der Waals surface area contributed by atoms with Crippen molar-refractivity contribution in [2.45, 2.75) is 42.7 Å². The van der Waals surface area contributed by atoms with Crippen LogP contribution in [0.2, 0.25) is 0 Å². The van der Waals surface area contributed by atoms with Gasteiger partial charge in [0, 0.05) is 35.9 Å². The molecule has 3 aromatic rings. The fraction of sp³-hybridized carbons (Fsp3) is 0.333. The number of nitrogens with one attached hydrogen (secondary N) is 4. The number of halogens is 1. The Morgan fingerprint density at radius 2 is 2.10 bits per heavy atom. The first-order chi connectivity index (χ1) is 14.0. The first-order valence-corrected chi connectivity index (χ1v) is 10.8. The average molecular weight is 418 g/mol. The summed E-state index contributed by atoms with van der Waals surface area (Å²) in [6.07, 6.45) is 4.47. The first-order valence-electron chi connectivity index (χ1n) is 9.29. The van der Waals surface area contributed by atoms with Crippen LogP contribution in [0.3, 0.4) is 0 Å². The maximum absolute atomic E-state index is 14.7. The van der Waals surface area contributed by atoms with E-state index in [0.29, 0.717) is 11.7 Å². The normalized spacial score (nSPS) is 22.5. The van der Waals surface area contributed by atoms with Gasteiger partial charge in [0.2, 0.25) is 15.9 Å². The molecule has 0 amide bonds. The van der Waals surface area contributed by atoms with E-state index in [0.717, 1.165) is 25.0 Å². The number of rotatable bonds is 5. The molecule has 152 valence electrons. The first kappa shape index (κ1) is 18.1. The summed E-state index contributed by atoms with van der Waals surface area (Å²) in [5, 5.41) is 16.9. The van der Waals surface area contributed by atoms with Gasteiger partial charge in [-0.2, -0.15) is 10.2 Å². The SMILES string of the molecule is O=S1(=O)NCc2c1ccc(Nc1cc([C@H]3CC[C@@H](Oc4ccn[nH]4)C3)[nH]n1)c2F. The quantitative estimate of drug-likeness (QED) is 0.505. The molecule has 5 rings (SSSR count). The van der Waals surface area contributed by atoms with Crippen molar-refractivity contribution in [3.05, 3.63) is 47.5 Å². The van der Waals surface area contributed by atoms with Crippen LogP contribution < -0.4 is 14.8 Å². The van der Waals surface area contributed by atoms with Crippen molar-refractivity contribution in [1.82, 2.24) is 25.1 Å². The number of hydrogen-bond donors (Lipinski definition) is 4. The third kappa shape index (κ3) is 3.36. The molecule has 1 saturated carbocycles. The fourth-order valence-corrected chi connectivity index (χ4v) is 5.15. The number of anilines is 2. The Morgan fingerprint density at radius 1 is 1.21 bits per heavy atom. The molecule has 2 atom stereocenters. The predicted octanol–water partition coefficient (Wildman–Crippen LogP) is 2.52. The molecule has 29 heavy (non-hydrogen) atoms. The van der Waals surface area contributed by atoms with Crippen molar-refractivity contribution >= 4 is 21.5 Å². The molecule has 0 radical (unpaired) electrons. The van der Waals surface area contributed by atoms with Crippen molar-refractivity contribution in [1.29, 1.82) is 0 Å². The monoisotopic (exact) mass is 418 g/mol. The van der Waals surface area contributed by atoms with E-state index in [-0.39, 0.29) is 34.7 Å². The molecule has 9 nitrogen and oxygen atoms in total. The third-order valence-electron chi connectivity index (χ3n) is 5.38. The number of nitrogens with zero attached hydrogens (tertiary/aromatic N) is 2. The van der Waals surface area contributed by atoms with Gasteiger partial charge in [-0.1, -0.05) is 0 Å². The Morgan fingerprint density at radius 3 is 2.93 bits per heavy atom. The Hall–Kier alpha value is -2.92. The van der Waals surface area contributed by atoms with Crippen LogP contribution in [0.5, 0.6) is 5.88 Å². The molecule has 1 aliphatic carbocycles. The number of ether oxygens (including phenoxy) is 1. The molecule has 1 fully saturated rings. The second-order valence-electron chi connectivity index (χ2n) is 7.23. The molecule has 4 N–H and O–H groups in total. The lowest BCUT2D eigenvalue weighted by atomic mass is 10.0. The van der Waals surface area contributed by atoms with Gasteiger partial charge in [-0.3, -0.25) is 5.10 Å². The lowest BCUT2D eigenvalue weighted by Gasteiger charge is -2.11. The molecular formula is C18H19FN6O3S. The van der Waals surface area contributed by atoms with Gasteiger partial charge in [-0.15, -0.1) is 0 Å². The Bertz CT molecular complexity index is 1140. The van der Waals surface area contributed by atoms with Gasteiger partial charge < -0.3 is 10.1 Å². The molecular weight excluding hydrogens is 399 g/mol. The van der Waals surface area contributed by atoms with Crippen LogP contribution in [0.25, 0.3) is 0 Å². The summed E-state index contributed by atoms with van der Waals surface area (Å²) < 4.78 is 46.5. The maximum atomic E-state index is 14.7. The standard InChI is InChI=1S/C18H19FN6O3S/c19-18-12-9-21-29(26,27)15(12)4-3-13(18)22-16-8-14(23-24-16)10-1-2-11(7-10)28-17-5-6-20-25-17/h3-6,8,10-11,21H,1-2,7,9H2,(H,20,25)(H2,22,23,24)/t10-,11+/m0/s1. The molecule has 0 spiro atoms. The molecule has 3 heterocycles. The smallest absolute Gasteiger partial charge is 0.241 e. The zero-order chi connectivity index (χ0) is 20.0. The number of sulfonamides is 1. The Labute approximate surface area is 166 Å². The highest BCUT2D eigenvalue weighted by atomic mass is 32.2. The van der Waals surface area contributed by atoms with E-state index in [1.54, 1.807) is 12.3 Å². The Balaban J connectivity index is 1.28. The summed E-state index contributed by atoms with van der Waals surface area (Å²) in [5.74, 6) is 0.816. The Kier molecular flexibility index (Phi) is 4.28. The van der Waals surface area contributed by atoms with Gasteiger partial charge in [0.1, 0.15) is 6.10 Å². The average Bonchev–Trinajstić information content (AvgIpc) is 3.46. The summed E-state index contributed by atoms with van der Waals surface area (Å²) in [4.78, 5) is -0.0162. The highest BCUT2D eigenvalue weighted by Gasteiger charge is 2.31. The van der Waals surface area contributed by atoms with Gasteiger partial charge >= 0.3 is 0 Å². The van der Waals surface area contributed by atoms with Crippen LogP contribution in [0.15, 0.2) is 35.4 Å². The van der Waals surface area contributed by atoms with Crippen LogP contribution in [-0.2, 0) is 16.6 Å². The highest BCUT2D eigenvalue weighted by Crippen LogP contribution is 2.37. The van der Waals surface area contributed by atoms with E-state index in [1.807, 2.05) is 6.07 Å². The topological polar surface area (TPSA) is 125 Å². The third-order valence-corrected chi connectivity index (χ3v) is 6.87. The van der Waals surface area contributed by atoms with Crippen molar-refractivity contribution < 1.29 is 17.5 Å². The number of fused-ring (bicyclic) bond motifs is 1. The molecule has 1 aliphatic heterocycles. The maximum Gasteiger partial charge on any atom is 0.241 e. The van der Waals surface area contributed by atoms with Gasteiger partial charge in [0.15, 0.2) is 11.6 Å². The summed E-state index contributed by atoms with van der Waals surface area (Å²) in [6.45, 7) is -0.0510. The molecule has 1 aromatic carbocycles. The minimum Gasteiger partial charge on any atom is -0.475 e. The van der Waals surface area contributed by atoms with E-state index in [9.17, 15) is 12.8 Å². The van der Waals surface area contributed by atoms with Crippen molar-refractivity contribution in [3.63, 3.8) is 0 Å². The van der Waals surface area contributed by atoms with Gasteiger partial charge in [-0.05, 0) is 31.4 Å². The van der Waals surface area contributed by atoms with Crippen molar-refractivity contribution in [3.8, 4) is 5.88 Å². The van der Waals surface area contributed by atoms with E-state index in [1.165, 1.54) is 12.1 Å². The van der Waals surface area contributed by atoms with Gasteiger partial charge in [0.05, 0.1) is 16.8 Å². The molecule has 2 aliphatic rings. The van der Waals surface area contributed by atoms with Crippen LogP contribution in [0.1, 0.15) is 36.4 Å². The number of H-pyrrole nitrogens is 2. The fourth-order valence-electron chi connectivity index (χ4n) is 3.93. The van der Waals surface area contributed by atoms with Crippen LogP contribution >= 0.6 is 0 Å². The minimum absolute atomic E-state index is 0.0162. The zero-order valence-electron chi connectivity index (χ0n) is 15.3. The summed E-state index contributed by atoms with van der Waals surface area (Å²) >= 11 is 0. The highest BCUT2D eigenvalue weighted by molar-refractivity contribution is 7.89. The van der Waals surface area contributed by atoms with Crippen LogP contribution in [0, 0.1) is 5.82 Å². The lowest BCUT2D eigenvalue weighted by Crippen LogP contribution is -2.13. The van der Waals surface area contributed by atoms with Crippen LogP contribution in [0.4, 0.5) is 15.9 Å². The summed E-state index contributed by atoms with van der Waals surface area (Å²) in [7, 11) is -3.61. The second-order valence-corrected chi connectivity index (χ2v) is 8.97. The van der Waals surface area contributed by atoms with E-state index < -0.39 is 15.8 Å². The second kappa shape index (κ2) is 6.85. The molecule has 2 aromatic heterocycles. The molecule has 0 unspecified atom stereocenters. The number of aromatic amines is 2. The summed E-state index contributed by atoms with van der Waals surface area (Å²) in [6, 6.07) is 6.46. The number of aromatic nitrogens is 4. The lowest BCUT2D eigenvalue weighted by molar-refractivity contribution is 0.199. The summed E-state index contributed by atoms with van der Waals surface area (Å²) in [5.41, 5.74) is 1.28. The zero-order valence-corrected chi connectivity index (χ0v) is 16.1. The van der Waals surface area contributed by atoms with E-state index in [4.69, 9.17) is 4.74 Å². The molecule has 11 heteroatoms. The van der Waals surface area contributed by atoms with Crippen molar-refractivity contribution in [2.24, 2.45) is 0 Å². The van der Waals surface area contributed by atoms with Gasteiger partial charge in [0.25, 0.3) is 0 Å². The minimum atomic E-state index is -3.61. The van der Waals surface area contributed by atoms with E-state index in [2.05, 4.69) is 30.4 Å². The van der Waals surface area contributed by atoms with Crippen molar-refractivity contribution in [2.75, 3.05) is 5.32 Å². The number of hydrogen-bond acceptors (Lipinski definition) is 6. The van der Waals surface area contributed by atoms with Crippen LogP contribution in [-0.4, -0.2) is 34.9 Å². The van der Waals surface area contributed by atoms with E-state index >= 15 is 0 Å². The number of benzene rings is 1. The largest absolute Gasteiger partial charge is 0.475 e. The molecule has 0 bridgehead atoms.